The van der Waals surface area contributed by atoms with Gasteiger partial charge in [-0.05, 0) is 41.3 Å². The van der Waals surface area contributed by atoms with Crippen LogP contribution in [0.1, 0.15) is 5.56 Å². The Morgan fingerprint density at radius 3 is 2.03 bits per heavy atom. The molecule has 158 valence electrons. The van der Waals surface area contributed by atoms with Crippen molar-refractivity contribution in [2.75, 3.05) is 33.2 Å². The first kappa shape index (κ1) is 20.7. The van der Waals surface area contributed by atoms with E-state index >= 15 is 0 Å². The summed E-state index contributed by atoms with van der Waals surface area (Å²) in [5.41, 5.74) is 7.22. The van der Waals surface area contributed by atoms with Crippen LogP contribution in [-0.2, 0) is 7.05 Å². The zero-order valence-electron chi connectivity index (χ0n) is 19.1. The van der Waals surface area contributed by atoms with Gasteiger partial charge in [-0.15, -0.1) is 0 Å². The van der Waals surface area contributed by atoms with Gasteiger partial charge in [0.25, 0.3) is 5.82 Å². The van der Waals surface area contributed by atoms with Crippen LogP contribution in [0.25, 0.3) is 33.2 Å². The predicted molar refractivity (Wildman–Crippen MR) is 128 cm³/mol. The van der Waals surface area contributed by atoms with E-state index in [1.54, 1.807) is 14.2 Å². The fraction of sp³-hybridized carbons (Fsp3) is 0.222. The zero-order chi connectivity index (χ0) is 22.1. The van der Waals surface area contributed by atoms with E-state index in [2.05, 4.69) is 92.1 Å². The third-order valence-electron chi connectivity index (χ3n) is 5.89. The molecule has 4 nitrogen and oxygen atoms in total. The molecule has 0 saturated heterocycles. The number of aryl methyl sites for hydroxylation is 1. The first-order valence-corrected chi connectivity index (χ1v) is 10.4. The van der Waals surface area contributed by atoms with Gasteiger partial charge in [0.05, 0.1) is 40.9 Å². The molecular formula is C27H29N2O2+. The van der Waals surface area contributed by atoms with Gasteiger partial charge in [-0.1, -0.05) is 48.5 Å². The van der Waals surface area contributed by atoms with Gasteiger partial charge in [-0.2, -0.15) is 0 Å². The van der Waals surface area contributed by atoms with Gasteiger partial charge in [0.1, 0.15) is 5.52 Å². The molecule has 0 saturated carbocycles. The highest BCUT2D eigenvalue weighted by molar-refractivity contribution is 5.90. The highest BCUT2D eigenvalue weighted by Gasteiger charge is 2.23. The topological polar surface area (TPSA) is 25.6 Å². The summed E-state index contributed by atoms with van der Waals surface area (Å²) >= 11 is 0. The number of anilines is 1. The third-order valence-corrected chi connectivity index (χ3v) is 5.89. The smallest absolute Gasteiger partial charge is 0.284 e. The molecule has 0 unspecified atom stereocenters. The van der Waals surface area contributed by atoms with Crippen molar-refractivity contribution in [3.05, 3.63) is 72.3 Å². The Kier molecular flexibility index (Phi) is 5.55. The Labute approximate surface area is 184 Å². The summed E-state index contributed by atoms with van der Waals surface area (Å²) in [7, 11) is 9.61. The SMILES string of the molecule is COc1cc2cc(-c3cccc(-c4ccccc4)c3C)c(N(C)C)[n+](C)c2cc1OC. The van der Waals surface area contributed by atoms with Gasteiger partial charge >= 0.3 is 0 Å². The molecule has 0 fully saturated rings. The van der Waals surface area contributed by atoms with Crippen molar-refractivity contribution in [1.82, 2.24) is 0 Å². The summed E-state index contributed by atoms with van der Waals surface area (Å²) in [5.74, 6) is 2.59. The Morgan fingerprint density at radius 1 is 0.742 bits per heavy atom. The van der Waals surface area contributed by atoms with E-state index in [1.807, 2.05) is 12.1 Å². The van der Waals surface area contributed by atoms with E-state index in [0.29, 0.717) is 0 Å². The van der Waals surface area contributed by atoms with Crippen LogP contribution in [-0.4, -0.2) is 28.3 Å². The van der Waals surface area contributed by atoms with Gasteiger partial charge in [0, 0.05) is 11.5 Å². The molecule has 0 aliphatic heterocycles. The Morgan fingerprint density at radius 2 is 1.39 bits per heavy atom. The molecule has 1 aromatic heterocycles. The average Bonchev–Trinajstić information content (AvgIpc) is 2.78. The van der Waals surface area contributed by atoms with E-state index in [9.17, 15) is 0 Å². The molecule has 0 aliphatic rings. The number of nitrogens with zero attached hydrogens (tertiary/aromatic N) is 2. The molecule has 0 amide bonds. The number of hydrogen-bond donors (Lipinski definition) is 0. The van der Waals surface area contributed by atoms with Gasteiger partial charge in [-0.3, -0.25) is 4.90 Å². The van der Waals surface area contributed by atoms with Crippen molar-refractivity contribution < 1.29 is 14.0 Å². The summed E-state index contributed by atoms with van der Waals surface area (Å²) in [6.07, 6.45) is 0. The van der Waals surface area contributed by atoms with E-state index in [1.165, 1.54) is 27.8 Å². The van der Waals surface area contributed by atoms with Crippen molar-refractivity contribution >= 4 is 16.7 Å². The number of rotatable bonds is 5. The lowest BCUT2D eigenvalue weighted by atomic mass is 9.92. The van der Waals surface area contributed by atoms with E-state index in [4.69, 9.17) is 9.47 Å². The van der Waals surface area contributed by atoms with Gasteiger partial charge in [-0.25, -0.2) is 4.57 Å². The Bertz CT molecular complexity index is 1250. The Balaban J connectivity index is 2.03. The minimum absolute atomic E-state index is 0.727. The van der Waals surface area contributed by atoms with Gasteiger partial charge < -0.3 is 9.47 Å². The molecule has 0 bridgehead atoms. The lowest BCUT2D eigenvalue weighted by Crippen LogP contribution is -2.37. The average molecular weight is 414 g/mol. The molecule has 3 aromatic carbocycles. The van der Waals surface area contributed by atoms with Crippen LogP contribution in [0, 0.1) is 6.92 Å². The molecule has 4 heteroatoms. The van der Waals surface area contributed by atoms with Crippen molar-refractivity contribution in [2.45, 2.75) is 6.92 Å². The maximum absolute atomic E-state index is 5.56. The first-order chi connectivity index (χ1) is 15.0. The lowest BCUT2D eigenvalue weighted by molar-refractivity contribution is -0.631. The number of benzene rings is 3. The second-order valence-electron chi connectivity index (χ2n) is 7.95. The van der Waals surface area contributed by atoms with Crippen LogP contribution in [0.4, 0.5) is 5.82 Å². The monoisotopic (exact) mass is 413 g/mol. The minimum atomic E-state index is 0.727. The fourth-order valence-corrected chi connectivity index (χ4v) is 4.40. The van der Waals surface area contributed by atoms with Gasteiger partial charge in [0.15, 0.2) is 11.5 Å². The minimum Gasteiger partial charge on any atom is -0.493 e. The number of pyridine rings is 1. The summed E-state index contributed by atoms with van der Waals surface area (Å²) in [4.78, 5) is 2.17. The number of ether oxygens (including phenoxy) is 2. The quantitative estimate of drug-likeness (QED) is 0.410. The molecule has 0 aliphatic carbocycles. The molecule has 0 atom stereocenters. The summed E-state index contributed by atoms with van der Waals surface area (Å²) in [6, 6.07) is 23.4. The molecule has 0 N–H and O–H groups in total. The van der Waals surface area contributed by atoms with Crippen molar-refractivity contribution in [2.24, 2.45) is 7.05 Å². The lowest BCUT2D eigenvalue weighted by Gasteiger charge is -2.19. The molecule has 4 rings (SSSR count). The number of aromatic nitrogens is 1. The molecule has 1 heterocycles. The molecule has 31 heavy (non-hydrogen) atoms. The second-order valence-corrected chi connectivity index (χ2v) is 7.95. The summed E-state index contributed by atoms with van der Waals surface area (Å²) in [6.45, 7) is 2.20. The number of fused-ring (bicyclic) bond motifs is 1. The highest BCUT2D eigenvalue weighted by Crippen LogP contribution is 2.38. The van der Waals surface area contributed by atoms with Crippen LogP contribution in [0.3, 0.4) is 0 Å². The molecule has 4 aromatic rings. The Hall–Kier alpha value is -3.53. The molecular weight excluding hydrogens is 384 g/mol. The first-order valence-electron chi connectivity index (χ1n) is 10.4. The zero-order valence-corrected chi connectivity index (χ0v) is 19.1. The largest absolute Gasteiger partial charge is 0.493 e. The van der Waals surface area contributed by atoms with Gasteiger partial charge in [0.2, 0.25) is 0 Å². The maximum atomic E-state index is 5.56. The van der Waals surface area contributed by atoms with Crippen molar-refractivity contribution in [1.29, 1.82) is 0 Å². The normalized spacial score (nSPS) is 10.9. The summed E-state index contributed by atoms with van der Waals surface area (Å²) < 4.78 is 13.3. The highest BCUT2D eigenvalue weighted by atomic mass is 16.5. The number of methoxy groups -OCH3 is 2. The van der Waals surface area contributed by atoms with Crippen LogP contribution in [0.5, 0.6) is 11.5 Å². The third kappa shape index (κ3) is 3.59. The van der Waals surface area contributed by atoms with E-state index in [0.717, 1.165) is 28.2 Å². The van der Waals surface area contributed by atoms with Crippen molar-refractivity contribution in [3.8, 4) is 33.8 Å². The van der Waals surface area contributed by atoms with Crippen LogP contribution in [0.2, 0.25) is 0 Å². The predicted octanol–water partition coefficient (Wildman–Crippen LogP) is 5.39. The standard InChI is InChI=1S/C27H29N2O2/c1-18-21(19-11-8-7-9-12-19)13-10-14-22(18)23-15-20-16-25(30-5)26(31-6)17-24(20)29(4)27(23)28(2)3/h7-17H,1-6H3/q+1. The van der Waals surface area contributed by atoms with E-state index in [-0.39, 0.29) is 0 Å². The van der Waals surface area contributed by atoms with Crippen LogP contribution < -0.4 is 18.9 Å². The van der Waals surface area contributed by atoms with Crippen molar-refractivity contribution in [3.63, 3.8) is 0 Å². The van der Waals surface area contributed by atoms with E-state index < -0.39 is 0 Å². The van der Waals surface area contributed by atoms with Crippen LogP contribution in [0.15, 0.2) is 66.7 Å². The summed E-state index contributed by atoms with van der Waals surface area (Å²) in [5, 5.41) is 1.10. The molecule has 0 radical (unpaired) electrons. The number of hydrogen-bond acceptors (Lipinski definition) is 3. The fourth-order valence-electron chi connectivity index (χ4n) is 4.40. The second kappa shape index (κ2) is 8.31. The van der Waals surface area contributed by atoms with Crippen LogP contribution >= 0.6 is 0 Å². The molecule has 0 spiro atoms. The maximum Gasteiger partial charge on any atom is 0.284 e.